The van der Waals surface area contributed by atoms with E-state index in [-0.39, 0.29) is 5.91 Å². The molecule has 0 radical (unpaired) electrons. The fourth-order valence-corrected chi connectivity index (χ4v) is 5.32. The highest BCUT2D eigenvalue weighted by Gasteiger charge is 2.17. The van der Waals surface area contributed by atoms with Crippen molar-refractivity contribution in [2.75, 3.05) is 26.2 Å². The molecule has 2 aromatic carbocycles. The maximum atomic E-state index is 12.9. The topological polar surface area (TPSA) is 41.6 Å². The first-order valence-corrected chi connectivity index (χ1v) is 13.4. The van der Waals surface area contributed by atoms with Crippen molar-refractivity contribution in [3.8, 4) is 5.75 Å². The number of rotatable bonds is 10. The summed E-state index contributed by atoms with van der Waals surface area (Å²) < 4.78 is 5.96. The lowest BCUT2D eigenvalue weighted by atomic mass is 10.0. The zero-order valence-corrected chi connectivity index (χ0v) is 21.5. The third kappa shape index (κ3) is 7.09. The van der Waals surface area contributed by atoms with Gasteiger partial charge in [0.25, 0.3) is 5.91 Å². The predicted molar refractivity (Wildman–Crippen MR) is 145 cm³/mol. The molecule has 0 aliphatic carbocycles. The van der Waals surface area contributed by atoms with E-state index in [4.69, 9.17) is 16.3 Å². The van der Waals surface area contributed by atoms with Crippen LogP contribution in [0, 0.1) is 0 Å². The number of carbonyl (C=O) groups excluding carboxylic acids is 1. The second kappa shape index (κ2) is 12.8. The Labute approximate surface area is 216 Å². The number of hydrogen-bond acceptors (Lipinski definition) is 4. The summed E-state index contributed by atoms with van der Waals surface area (Å²) in [6.45, 7) is 8.57. The van der Waals surface area contributed by atoms with Gasteiger partial charge in [-0.2, -0.15) is 0 Å². The SMILES string of the molecule is C=C=C(c1ccc(OCCCN2CCCCC2)cc1)c1sccc1C(=O)NCc1ccc(Cl)cc1. The van der Waals surface area contributed by atoms with Gasteiger partial charge in [0, 0.05) is 23.7 Å². The molecule has 3 aromatic rings. The maximum Gasteiger partial charge on any atom is 0.253 e. The summed E-state index contributed by atoms with van der Waals surface area (Å²) in [7, 11) is 0. The van der Waals surface area contributed by atoms with Crippen LogP contribution in [0.25, 0.3) is 5.57 Å². The molecule has 1 amide bonds. The molecule has 182 valence electrons. The predicted octanol–water partition coefficient (Wildman–Crippen LogP) is 6.80. The maximum absolute atomic E-state index is 12.9. The number of hydrogen-bond donors (Lipinski definition) is 1. The number of benzene rings is 2. The van der Waals surface area contributed by atoms with Crippen LogP contribution in [0.1, 0.15) is 52.0 Å². The smallest absolute Gasteiger partial charge is 0.253 e. The zero-order chi connectivity index (χ0) is 24.5. The van der Waals surface area contributed by atoms with Gasteiger partial charge in [-0.05, 0) is 79.2 Å². The Morgan fingerprint density at radius 1 is 1.06 bits per heavy atom. The lowest BCUT2D eigenvalue weighted by molar-refractivity contribution is 0.0951. The second-order valence-electron chi connectivity index (χ2n) is 8.65. The lowest BCUT2D eigenvalue weighted by Gasteiger charge is -2.26. The zero-order valence-electron chi connectivity index (χ0n) is 19.9. The summed E-state index contributed by atoms with van der Waals surface area (Å²) in [5.41, 5.74) is 6.42. The van der Waals surface area contributed by atoms with Gasteiger partial charge in [0.2, 0.25) is 0 Å². The van der Waals surface area contributed by atoms with Crippen molar-refractivity contribution in [3.05, 3.63) is 98.9 Å². The van der Waals surface area contributed by atoms with Gasteiger partial charge in [-0.3, -0.25) is 4.79 Å². The van der Waals surface area contributed by atoms with E-state index in [1.807, 2.05) is 60.0 Å². The number of amides is 1. The van der Waals surface area contributed by atoms with E-state index in [0.717, 1.165) is 40.3 Å². The Bertz CT molecular complexity index is 1160. The van der Waals surface area contributed by atoms with E-state index in [1.54, 1.807) is 0 Å². The summed E-state index contributed by atoms with van der Waals surface area (Å²) in [6, 6.07) is 17.2. The minimum Gasteiger partial charge on any atom is -0.494 e. The molecular weight excluding hydrogens is 476 g/mol. The van der Waals surface area contributed by atoms with Crippen LogP contribution in [0.5, 0.6) is 5.75 Å². The van der Waals surface area contributed by atoms with Crippen LogP contribution in [0.4, 0.5) is 0 Å². The number of nitrogens with one attached hydrogen (secondary N) is 1. The normalized spacial score (nSPS) is 13.7. The molecule has 0 spiro atoms. The van der Waals surface area contributed by atoms with E-state index < -0.39 is 0 Å². The van der Waals surface area contributed by atoms with Crippen LogP contribution in [-0.2, 0) is 6.54 Å². The van der Waals surface area contributed by atoms with Crippen LogP contribution in [0.2, 0.25) is 5.02 Å². The fraction of sp³-hybridized carbons (Fsp3) is 0.310. The van der Waals surface area contributed by atoms with Gasteiger partial charge >= 0.3 is 0 Å². The fourth-order valence-electron chi connectivity index (χ4n) is 4.25. The number of likely N-dealkylation sites (tertiary alicyclic amines) is 1. The highest BCUT2D eigenvalue weighted by molar-refractivity contribution is 7.11. The molecule has 6 heteroatoms. The highest BCUT2D eigenvalue weighted by atomic mass is 35.5. The quantitative estimate of drug-likeness (QED) is 0.243. The summed E-state index contributed by atoms with van der Waals surface area (Å²) in [6.07, 6.45) is 5.03. The van der Waals surface area contributed by atoms with Crippen LogP contribution < -0.4 is 10.1 Å². The molecule has 1 aliphatic rings. The molecule has 0 saturated carbocycles. The van der Waals surface area contributed by atoms with Gasteiger partial charge in [0.1, 0.15) is 5.75 Å². The molecule has 0 bridgehead atoms. The first kappa shape index (κ1) is 25.3. The molecule has 4 rings (SSSR count). The van der Waals surface area contributed by atoms with E-state index in [0.29, 0.717) is 23.7 Å². The van der Waals surface area contributed by atoms with Gasteiger partial charge < -0.3 is 15.0 Å². The average Bonchev–Trinajstić information content (AvgIpc) is 3.38. The molecular formula is C29H31ClN2O2S. The van der Waals surface area contributed by atoms with Crippen LogP contribution in [0.3, 0.4) is 0 Å². The summed E-state index contributed by atoms with van der Waals surface area (Å²) in [5, 5.41) is 5.59. The van der Waals surface area contributed by atoms with E-state index in [9.17, 15) is 4.79 Å². The molecule has 35 heavy (non-hydrogen) atoms. The molecule has 1 N–H and O–H groups in total. The van der Waals surface area contributed by atoms with Crippen molar-refractivity contribution in [2.45, 2.75) is 32.2 Å². The van der Waals surface area contributed by atoms with E-state index in [2.05, 4.69) is 22.5 Å². The third-order valence-electron chi connectivity index (χ3n) is 6.16. The molecule has 1 aromatic heterocycles. The van der Waals surface area contributed by atoms with Crippen LogP contribution in [0.15, 0.2) is 72.3 Å². The summed E-state index contributed by atoms with van der Waals surface area (Å²) >= 11 is 7.45. The van der Waals surface area contributed by atoms with Gasteiger partial charge in [0.05, 0.1) is 17.0 Å². The Kier molecular flexibility index (Phi) is 9.21. The number of carbonyl (C=O) groups is 1. The van der Waals surface area contributed by atoms with Crippen LogP contribution >= 0.6 is 22.9 Å². The molecule has 1 fully saturated rings. The van der Waals surface area contributed by atoms with Crippen LogP contribution in [-0.4, -0.2) is 37.0 Å². The Hall–Kier alpha value is -2.82. The van der Waals surface area contributed by atoms with Gasteiger partial charge in [-0.25, -0.2) is 0 Å². The van der Waals surface area contributed by atoms with Crippen molar-refractivity contribution < 1.29 is 9.53 Å². The van der Waals surface area contributed by atoms with E-state index >= 15 is 0 Å². The molecule has 2 heterocycles. The number of ether oxygens (including phenoxy) is 1. The largest absolute Gasteiger partial charge is 0.494 e. The number of halogens is 1. The monoisotopic (exact) mass is 506 g/mol. The number of nitrogens with zero attached hydrogens (tertiary/aromatic N) is 1. The minimum atomic E-state index is -0.127. The molecule has 0 unspecified atom stereocenters. The Balaban J connectivity index is 1.34. The molecule has 1 saturated heterocycles. The number of piperidine rings is 1. The average molecular weight is 507 g/mol. The van der Waals surface area contributed by atoms with Crippen molar-refractivity contribution >= 4 is 34.4 Å². The molecule has 0 atom stereocenters. The number of thiophene rings is 1. The summed E-state index contributed by atoms with van der Waals surface area (Å²) in [5.74, 6) is 0.723. The van der Waals surface area contributed by atoms with Crippen molar-refractivity contribution in [3.63, 3.8) is 0 Å². The van der Waals surface area contributed by atoms with Crippen molar-refractivity contribution in [2.24, 2.45) is 0 Å². The molecule has 4 nitrogen and oxygen atoms in total. The Morgan fingerprint density at radius 2 is 1.80 bits per heavy atom. The Morgan fingerprint density at radius 3 is 2.51 bits per heavy atom. The van der Waals surface area contributed by atoms with Crippen molar-refractivity contribution in [1.29, 1.82) is 0 Å². The highest BCUT2D eigenvalue weighted by Crippen LogP contribution is 2.31. The van der Waals surface area contributed by atoms with E-state index in [1.165, 1.54) is 43.7 Å². The van der Waals surface area contributed by atoms with Crippen molar-refractivity contribution in [1.82, 2.24) is 10.2 Å². The first-order valence-electron chi connectivity index (χ1n) is 12.1. The van der Waals surface area contributed by atoms with Gasteiger partial charge in [0.15, 0.2) is 0 Å². The summed E-state index contributed by atoms with van der Waals surface area (Å²) in [4.78, 5) is 16.3. The third-order valence-corrected chi connectivity index (χ3v) is 7.34. The lowest BCUT2D eigenvalue weighted by Crippen LogP contribution is -2.31. The molecule has 1 aliphatic heterocycles. The minimum absolute atomic E-state index is 0.127. The second-order valence-corrected chi connectivity index (χ2v) is 10.0. The van der Waals surface area contributed by atoms with Gasteiger partial charge in [-0.15, -0.1) is 17.1 Å². The standard InChI is InChI=1S/C29H31ClN2O2S/c1-2-26(23-9-13-25(14-10-23)34-19-6-18-32-16-4-3-5-17-32)28-27(15-20-35-28)29(33)31-21-22-7-11-24(30)12-8-22/h7-15,20H,1,3-6,16-19,21H2,(H,31,33). The first-order chi connectivity index (χ1) is 17.1. The van der Waals surface area contributed by atoms with Gasteiger partial charge in [-0.1, -0.05) is 48.9 Å².